The van der Waals surface area contributed by atoms with Crippen molar-refractivity contribution >= 4 is 23.6 Å². The Morgan fingerprint density at radius 2 is 1.38 bits per heavy atom. The molecule has 0 heterocycles. The largest absolute Gasteiger partial charge is 0.478 e. The summed E-state index contributed by atoms with van der Waals surface area (Å²) in [6.45, 7) is 14.9. The van der Waals surface area contributed by atoms with Gasteiger partial charge in [-0.3, -0.25) is 14.4 Å². The highest BCUT2D eigenvalue weighted by Gasteiger charge is 2.41. The fourth-order valence-corrected chi connectivity index (χ4v) is 5.10. The Morgan fingerprint density at radius 1 is 0.857 bits per heavy atom. The van der Waals surface area contributed by atoms with Crippen LogP contribution in [0.3, 0.4) is 0 Å². The van der Waals surface area contributed by atoms with E-state index in [0.29, 0.717) is 11.1 Å². The SMILES string of the molecule is CN[C@H](C(=O)N[C@H](C(=O)N(C)[C@H](/C=C(\C)C(=O)O)C(C)C)C(C)(C)C)C(C)(C)c1ccc(C(=O)c2ccccc2)cc1. The molecular weight excluding hydrogens is 530 g/mol. The number of amides is 2. The number of rotatable bonds is 12. The predicted molar refractivity (Wildman–Crippen MR) is 166 cm³/mol. The Morgan fingerprint density at radius 3 is 1.83 bits per heavy atom. The summed E-state index contributed by atoms with van der Waals surface area (Å²) in [5.74, 6) is -1.82. The molecule has 0 aliphatic rings. The van der Waals surface area contributed by atoms with Gasteiger partial charge in [0.25, 0.3) is 0 Å². The summed E-state index contributed by atoms with van der Waals surface area (Å²) in [6.07, 6.45) is 1.58. The van der Waals surface area contributed by atoms with Crippen LogP contribution < -0.4 is 10.6 Å². The van der Waals surface area contributed by atoms with E-state index in [4.69, 9.17) is 0 Å². The monoisotopic (exact) mass is 577 g/mol. The summed E-state index contributed by atoms with van der Waals surface area (Å²) in [5.41, 5.74) is 0.833. The maximum atomic E-state index is 13.9. The van der Waals surface area contributed by atoms with Gasteiger partial charge in [0.1, 0.15) is 6.04 Å². The average Bonchev–Trinajstić information content (AvgIpc) is 2.93. The van der Waals surface area contributed by atoms with Crippen LogP contribution in [0, 0.1) is 11.3 Å². The Labute approximate surface area is 250 Å². The lowest BCUT2D eigenvalue weighted by molar-refractivity contribution is -0.141. The Kier molecular flexibility index (Phi) is 11.4. The lowest BCUT2D eigenvalue weighted by Crippen LogP contribution is -2.61. The van der Waals surface area contributed by atoms with Gasteiger partial charge >= 0.3 is 5.97 Å². The number of nitrogens with one attached hydrogen (secondary N) is 2. The molecule has 0 radical (unpaired) electrons. The number of carboxylic acid groups (broad SMARTS) is 1. The van der Waals surface area contributed by atoms with E-state index in [2.05, 4.69) is 10.6 Å². The molecule has 42 heavy (non-hydrogen) atoms. The molecule has 0 fully saturated rings. The average molecular weight is 578 g/mol. The lowest BCUT2D eigenvalue weighted by Gasteiger charge is -2.40. The van der Waals surface area contributed by atoms with Gasteiger partial charge in [0.05, 0.1) is 12.1 Å². The van der Waals surface area contributed by atoms with Gasteiger partial charge in [0, 0.05) is 29.2 Å². The molecule has 2 rings (SSSR count). The molecule has 2 aromatic carbocycles. The second-order valence-electron chi connectivity index (χ2n) is 12.9. The number of carboxylic acids is 1. The lowest BCUT2D eigenvalue weighted by atomic mass is 9.76. The van der Waals surface area contributed by atoms with E-state index in [1.165, 1.54) is 11.8 Å². The van der Waals surface area contributed by atoms with Gasteiger partial charge in [-0.05, 0) is 30.9 Å². The highest BCUT2D eigenvalue weighted by molar-refractivity contribution is 6.09. The van der Waals surface area contributed by atoms with Crippen LogP contribution in [0.25, 0.3) is 0 Å². The van der Waals surface area contributed by atoms with Crippen molar-refractivity contribution < 1.29 is 24.3 Å². The molecule has 0 saturated heterocycles. The van der Waals surface area contributed by atoms with Gasteiger partial charge in [-0.2, -0.15) is 0 Å². The minimum atomic E-state index is -1.04. The van der Waals surface area contributed by atoms with Crippen molar-refractivity contribution in [3.8, 4) is 0 Å². The topological polar surface area (TPSA) is 116 Å². The van der Waals surface area contributed by atoms with Crippen LogP contribution in [0.1, 0.15) is 76.9 Å². The number of hydrogen-bond acceptors (Lipinski definition) is 5. The second kappa shape index (κ2) is 13.9. The van der Waals surface area contributed by atoms with E-state index >= 15 is 0 Å². The van der Waals surface area contributed by atoms with Crippen LogP contribution >= 0.6 is 0 Å². The third-order valence-electron chi connectivity index (χ3n) is 7.84. The molecule has 3 N–H and O–H groups in total. The van der Waals surface area contributed by atoms with Crippen molar-refractivity contribution in [2.75, 3.05) is 14.1 Å². The first kappa shape index (κ1) is 34.4. The van der Waals surface area contributed by atoms with E-state index in [1.807, 2.05) is 78.8 Å². The molecule has 0 bridgehead atoms. The Hall–Kier alpha value is -3.78. The van der Waals surface area contributed by atoms with Crippen molar-refractivity contribution in [1.29, 1.82) is 0 Å². The Balaban J connectivity index is 2.34. The summed E-state index contributed by atoms with van der Waals surface area (Å²) in [6, 6.07) is 14.3. The minimum Gasteiger partial charge on any atom is -0.478 e. The molecule has 2 aromatic rings. The van der Waals surface area contributed by atoms with Crippen LogP contribution in [-0.2, 0) is 19.8 Å². The van der Waals surface area contributed by atoms with E-state index in [1.54, 1.807) is 44.4 Å². The molecule has 0 saturated carbocycles. The second-order valence-corrected chi connectivity index (χ2v) is 12.9. The summed E-state index contributed by atoms with van der Waals surface area (Å²) in [4.78, 5) is 53.5. The third kappa shape index (κ3) is 8.16. The fraction of sp³-hybridized carbons (Fsp3) is 0.471. The standard InChI is InChI=1S/C34H47N3O5/c1-21(2)26(20-22(3)32(41)42)37(10)31(40)29(33(4,5)6)36-30(39)28(35-9)34(7,8)25-18-16-24(17-19-25)27(38)23-14-12-11-13-15-23/h11-21,26,28-29,35H,1-10H3,(H,36,39)(H,41,42)/b22-20+/t26-,28-,29-/m1/s1. The van der Waals surface area contributed by atoms with Gasteiger partial charge in [-0.25, -0.2) is 4.79 Å². The first-order chi connectivity index (χ1) is 19.4. The molecule has 228 valence electrons. The number of nitrogens with zero attached hydrogens (tertiary/aromatic N) is 1. The summed E-state index contributed by atoms with van der Waals surface area (Å²) < 4.78 is 0. The van der Waals surface area contributed by atoms with Crippen LogP contribution in [0.2, 0.25) is 0 Å². The molecule has 3 atom stereocenters. The highest BCUT2D eigenvalue weighted by Crippen LogP contribution is 2.30. The van der Waals surface area contributed by atoms with Gasteiger partial charge < -0.3 is 20.6 Å². The quantitative estimate of drug-likeness (QED) is 0.246. The number of hydrogen-bond donors (Lipinski definition) is 3. The number of carbonyl (C=O) groups is 4. The highest BCUT2D eigenvalue weighted by atomic mass is 16.4. The van der Waals surface area contributed by atoms with Crippen molar-refractivity contribution in [1.82, 2.24) is 15.5 Å². The number of aliphatic carboxylic acids is 1. The molecule has 0 unspecified atom stereocenters. The van der Waals surface area contributed by atoms with Gasteiger partial charge in [0.15, 0.2) is 5.78 Å². The first-order valence-corrected chi connectivity index (χ1v) is 14.3. The van der Waals surface area contributed by atoms with Crippen molar-refractivity contribution in [3.63, 3.8) is 0 Å². The summed E-state index contributed by atoms with van der Waals surface area (Å²) in [5, 5.41) is 15.5. The van der Waals surface area contributed by atoms with Gasteiger partial charge in [0.2, 0.25) is 11.8 Å². The van der Waals surface area contributed by atoms with E-state index in [-0.39, 0.29) is 29.1 Å². The normalized spacial score (nSPS) is 14.6. The van der Waals surface area contributed by atoms with Crippen molar-refractivity contribution in [3.05, 3.63) is 82.9 Å². The zero-order valence-electron chi connectivity index (χ0n) is 26.6. The molecule has 0 aliphatic carbocycles. The van der Waals surface area contributed by atoms with E-state index in [9.17, 15) is 24.3 Å². The number of benzene rings is 2. The molecule has 0 spiro atoms. The minimum absolute atomic E-state index is 0.0506. The van der Waals surface area contributed by atoms with Crippen molar-refractivity contribution in [2.24, 2.45) is 11.3 Å². The molecule has 0 aromatic heterocycles. The third-order valence-corrected chi connectivity index (χ3v) is 7.84. The maximum absolute atomic E-state index is 13.9. The van der Waals surface area contributed by atoms with Crippen LogP contribution in [0.4, 0.5) is 0 Å². The number of carbonyl (C=O) groups excluding carboxylic acids is 3. The van der Waals surface area contributed by atoms with Crippen LogP contribution in [-0.4, -0.2) is 65.8 Å². The number of ketones is 1. The molecule has 2 amide bonds. The molecule has 8 nitrogen and oxygen atoms in total. The fourth-order valence-electron chi connectivity index (χ4n) is 5.10. The first-order valence-electron chi connectivity index (χ1n) is 14.3. The summed E-state index contributed by atoms with van der Waals surface area (Å²) >= 11 is 0. The predicted octanol–water partition coefficient (Wildman–Crippen LogP) is 4.83. The molecule has 8 heteroatoms. The van der Waals surface area contributed by atoms with Crippen molar-refractivity contribution in [2.45, 2.75) is 78.9 Å². The number of likely N-dealkylation sites (N-methyl/N-ethyl adjacent to an activating group) is 2. The van der Waals surface area contributed by atoms with E-state index in [0.717, 1.165) is 5.56 Å². The van der Waals surface area contributed by atoms with Crippen LogP contribution in [0.5, 0.6) is 0 Å². The maximum Gasteiger partial charge on any atom is 0.331 e. The Bertz CT molecular complexity index is 1290. The zero-order chi connectivity index (χ0) is 32.0. The smallest absolute Gasteiger partial charge is 0.331 e. The zero-order valence-corrected chi connectivity index (χ0v) is 26.6. The van der Waals surface area contributed by atoms with Gasteiger partial charge in [-0.1, -0.05) is 109 Å². The van der Waals surface area contributed by atoms with Crippen LogP contribution in [0.15, 0.2) is 66.2 Å². The summed E-state index contributed by atoms with van der Waals surface area (Å²) in [7, 11) is 3.34. The van der Waals surface area contributed by atoms with Gasteiger partial charge in [-0.15, -0.1) is 0 Å². The molecule has 0 aliphatic heterocycles. The molecular formula is C34H47N3O5. The van der Waals surface area contributed by atoms with E-state index < -0.39 is 34.9 Å².